The number of hydrogen-bond donors (Lipinski definition) is 0. The van der Waals surface area contributed by atoms with Gasteiger partial charge in [0.2, 0.25) is 0 Å². The summed E-state index contributed by atoms with van der Waals surface area (Å²) in [5, 5.41) is 0. The molecular weight excluding hydrogens is 151 g/mol. The van der Waals surface area contributed by atoms with Crippen LogP contribution in [0.5, 0.6) is 0 Å². The van der Waals surface area contributed by atoms with Gasteiger partial charge in [-0.2, -0.15) is 36.4 Å². The van der Waals surface area contributed by atoms with Crippen molar-refractivity contribution in [2.24, 2.45) is 0 Å². The molecule has 0 aliphatic heterocycles. The van der Waals surface area contributed by atoms with Gasteiger partial charge >= 0.3 is 18.9 Å². The summed E-state index contributed by atoms with van der Waals surface area (Å²) in [6.45, 7) is 0. The maximum atomic E-state index is 2.89. The fourth-order valence-corrected chi connectivity index (χ4v) is 0.727. The Morgan fingerprint density at radius 3 is 0.923 bits per heavy atom. The van der Waals surface area contributed by atoms with E-state index in [1.165, 1.54) is 0 Å². The van der Waals surface area contributed by atoms with Crippen molar-refractivity contribution in [3.8, 4) is 0 Å². The summed E-state index contributed by atoms with van der Waals surface area (Å²) in [6.07, 6.45) is 0. The maximum Gasteiger partial charge on any atom is 1.00 e. The second-order valence-electron chi connectivity index (χ2n) is 2.23. The molecule has 0 heterocycles. The molecule has 0 nitrogen and oxygen atoms in total. The summed E-state index contributed by atoms with van der Waals surface area (Å²) in [5.74, 6) is 0. The first-order valence-corrected chi connectivity index (χ1v) is 3.91. The second kappa shape index (κ2) is 9.13. The third kappa shape index (κ3) is 7.40. The number of rotatable bonds is 0. The molecule has 0 radical (unpaired) electrons. The van der Waals surface area contributed by atoms with Crippen molar-refractivity contribution in [2.45, 2.75) is 0 Å². The van der Waals surface area contributed by atoms with Gasteiger partial charge in [0.1, 0.15) is 0 Å². The van der Waals surface area contributed by atoms with E-state index in [4.69, 9.17) is 0 Å². The molecule has 2 aromatic rings. The van der Waals surface area contributed by atoms with Gasteiger partial charge in [-0.05, 0) is 0 Å². The van der Waals surface area contributed by atoms with E-state index in [2.05, 4.69) is 6.07 Å². The van der Waals surface area contributed by atoms with Crippen molar-refractivity contribution < 1.29 is 18.9 Å². The van der Waals surface area contributed by atoms with E-state index in [1.54, 1.807) is 0 Å². The third-order valence-electron chi connectivity index (χ3n) is 1.27. The van der Waals surface area contributed by atoms with Gasteiger partial charge < -0.3 is 0 Å². The standard InChI is InChI=1S/C6H6.C6H5.Li/c2*1-2-4-6-5-3-1;/h1-6H;1-5H;/q;-1;+1. The van der Waals surface area contributed by atoms with Crippen LogP contribution in [0.15, 0.2) is 66.7 Å². The Bertz CT molecular complexity index is 181. The van der Waals surface area contributed by atoms with Crippen LogP contribution in [-0.2, 0) is 0 Å². The van der Waals surface area contributed by atoms with Crippen LogP contribution in [0, 0.1) is 6.07 Å². The molecular formula is C12H11Li. The van der Waals surface area contributed by atoms with E-state index in [0.29, 0.717) is 0 Å². The molecule has 0 atom stereocenters. The molecule has 0 saturated carbocycles. The van der Waals surface area contributed by atoms with Crippen molar-refractivity contribution in [1.29, 1.82) is 0 Å². The minimum atomic E-state index is 0. The van der Waals surface area contributed by atoms with E-state index in [1.807, 2.05) is 66.7 Å². The van der Waals surface area contributed by atoms with Crippen LogP contribution in [0.25, 0.3) is 0 Å². The van der Waals surface area contributed by atoms with Crippen molar-refractivity contribution in [3.05, 3.63) is 72.8 Å². The Labute approximate surface area is 91.8 Å². The van der Waals surface area contributed by atoms with Gasteiger partial charge in [-0.25, -0.2) is 0 Å². The van der Waals surface area contributed by atoms with Crippen LogP contribution in [0.2, 0.25) is 0 Å². The van der Waals surface area contributed by atoms with Crippen LogP contribution in [-0.4, -0.2) is 0 Å². The van der Waals surface area contributed by atoms with Gasteiger partial charge in [0.25, 0.3) is 0 Å². The molecule has 0 N–H and O–H groups in total. The summed E-state index contributed by atoms with van der Waals surface area (Å²) < 4.78 is 0. The topological polar surface area (TPSA) is 0 Å². The summed E-state index contributed by atoms with van der Waals surface area (Å²) in [5.41, 5.74) is 0. The zero-order valence-electron chi connectivity index (χ0n) is 7.85. The molecule has 2 rings (SSSR count). The van der Waals surface area contributed by atoms with E-state index < -0.39 is 0 Å². The molecule has 2 aromatic carbocycles. The predicted molar refractivity (Wildman–Crippen MR) is 51.7 cm³/mol. The Morgan fingerprint density at radius 1 is 0.462 bits per heavy atom. The first kappa shape index (κ1) is 12.0. The summed E-state index contributed by atoms with van der Waals surface area (Å²) in [6, 6.07) is 24.5. The second-order valence-corrected chi connectivity index (χ2v) is 2.23. The molecule has 0 saturated heterocycles. The number of benzene rings is 2. The Hall–Kier alpha value is -0.963. The molecule has 0 aliphatic carbocycles. The predicted octanol–water partition coefficient (Wildman–Crippen LogP) is 0.177. The maximum absolute atomic E-state index is 2.89. The van der Waals surface area contributed by atoms with Crippen molar-refractivity contribution in [1.82, 2.24) is 0 Å². The van der Waals surface area contributed by atoms with Crippen molar-refractivity contribution in [3.63, 3.8) is 0 Å². The van der Waals surface area contributed by atoms with Crippen LogP contribution in [0.4, 0.5) is 0 Å². The smallest absolute Gasteiger partial charge is 0.184 e. The average Bonchev–Trinajstić information content (AvgIpc) is 2.24. The SMILES string of the molecule is [Li+].[c-]1ccccc1.c1ccccc1. The summed E-state index contributed by atoms with van der Waals surface area (Å²) in [7, 11) is 0. The van der Waals surface area contributed by atoms with Crippen LogP contribution in [0.1, 0.15) is 0 Å². The molecule has 0 amide bonds. The quantitative estimate of drug-likeness (QED) is 0.383. The van der Waals surface area contributed by atoms with Gasteiger partial charge in [0.15, 0.2) is 0 Å². The van der Waals surface area contributed by atoms with Crippen LogP contribution < -0.4 is 18.9 Å². The molecule has 1 heteroatoms. The minimum Gasteiger partial charge on any atom is -0.184 e. The monoisotopic (exact) mass is 162 g/mol. The summed E-state index contributed by atoms with van der Waals surface area (Å²) >= 11 is 0. The fraction of sp³-hybridized carbons (Fsp3) is 0. The zero-order valence-corrected chi connectivity index (χ0v) is 7.85. The molecule has 0 bridgehead atoms. The van der Waals surface area contributed by atoms with Gasteiger partial charge in [-0.15, -0.1) is 0 Å². The number of hydrogen-bond acceptors (Lipinski definition) is 0. The van der Waals surface area contributed by atoms with Crippen LogP contribution >= 0.6 is 0 Å². The fourth-order valence-electron chi connectivity index (χ4n) is 0.727. The minimum absolute atomic E-state index is 0. The largest absolute Gasteiger partial charge is 1.00 e. The molecule has 0 unspecified atom stereocenters. The zero-order chi connectivity index (χ0) is 8.49. The molecule has 60 valence electrons. The third-order valence-corrected chi connectivity index (χ3v) is 1.27. The van der Waals surface area contributed by atoms with Gasteiger partial charge in [0.05, 0.1) is 0 Å². The molecule has 0 spiro atoms. The van der Waals surface area contributed by atoms with Gasteiger partial charge in [0, 0.05) is 0 Å². The van der Waals surface area contributed by atoms with E-state index >= 15 is 0 Å². The van der Waals surface area contributed by atoms with E-state index in [-0.39, 0.29) is 18.9 Å². The van der Waals surface area contributed by atoms with E-state index in [0.717, 1.165) is 0 Å². The molecule has 13 heavy (non-hydrogen) atoms. The Morgan fingerprint density at radius 2 is 0.769 bits per heavy atom. The average molecular weight is 162 g/mol. The Kier molecular flexibility index (Phi) is 8.45. The molecule has 0 aromatic heterocycles. The Balaban J connectivity index is 0.000000206. The van der Waals surface area contributed by atoms with Crippen LogP contribution in [0.3, 0.4) is 0 Å². The van der Waals surface area contributed by atoms with E-state index in [9.17, 15) is 0 Å². The normalized spacial score (nSPS) is 7.38. The first-order valence-electron chi connectivity index (χ1n) is 3.91. The molecule has 0 aliphatic rings. The molecule has 0 fully saturated rings. The summed E-state index contributed by atoms with van der Waals surface area (Å²) in [4.78, 5) is 0. The van der Waals surface area contributed by atoms with Gasteiger partial charge in [-0.3, -0.25) is 0 Å². The first-order chi connectivity index (χ1) is 6.00. The van der Waals surface area contributed by atoms with Gasteiger partial charge in [-0.1, -0.05) is 36.4 Å². The van der Waals surface area contributed by atoms with Crippen molar-refractivity contribution in [2.75, 3.05) is 0 Å². The van der Waals surface area contributed by atoms with Crippen molar-refractivity contribution >= 4 is 0 Å².